The summed E-state index contributed by atoms with van der Waals surface area (Å²) in [5, 5.41) is 6.04. The maximum atomic E-state index is 12.3. The Morgan fingerprint density at radius 1 is 1.16 bits per heavy atom. The summed E-state index contributed by atoms with van der Waals surface area (Å²) in [6, 6.07) is 9.42. The maximum Gasteiger partial charge on any atom is 0.270 e. The molecule has 0 aliphatic rings. The summed E-state index contributed by atoms with van der Waals surface area (Å²) in [6.45, 7) is 3.49. The van der Waals surface area contributed by atoms with E-state index >= 15 is 0 Å². The number of para-hydroxylation sites is 1. The van der Waals surface area contributed by atoms with Gasteiger partial charge in [0.1, 0.15) is 11.4 Å². The number of nitrogens with zero attached hydrogens (tertiary/aromatic N) is 2. The van der Waals surface area contributed by atoms with Crippen LogP contribution in [0.15, 0.2) is 36.5 Å². The van der Waals surface area contributed by atoms with Crippen LogP contribution in [0.5, 0.6) is 5.75 Å². The third kappa shape index (κ3) is 6.06. The van der Waals surface area contributed by atoms with Crippen molar-refractivity contribution in [3.8, 4) is 5.75 Å². The molecule has 2 N–H and O–H groups in total. The van der Waals surface area contributed by atoms with Crippen molar-refractivity contribution in [2.45, 2.75) is 32.6 Å². The molecule has 25 heavy (non-hydrogen) atoms. The lowest BCUT2D eigenvalue weighted by atomic mass is 10.1. The zero-order chi connectivity index (χ0) is 17.9. The minimum Gasteiger partial charge on any atom is -0.496 e. The van der Waals surface area contributed by atoms with Crippen molar-refractivity contribution in [1.82, 2.24) is 15.3 Å². The fourth-order valence-electron chi connectivity index (χ4n) is 2.46. The molecule has 0 radical (unpaired) electrons. The molecule has 1 aromatic heterocycles. The Labute approximate surface area is 149 Å². The Kier molecular flexibility index (Phi) is 7.69. The second-order valence-electron chi connectivity index (χ2n) is 5.72. The lowest BCUT2D eigenvalue weighted by Gasteiger charge is -2.09. The standard InChI is InChI=1S/C19H26N4O2/c1-3-4-7-12-21-19-22-14-11-16(23-19)18(24)20-13-10-15-8-5-6-9-17(15)25-2/h5-6,8-9,11,14H,3-4,7,10,12-13H2,1-2H3,(H,20,24)(H,21,22,23). The molecule has 0 spiro atoms. The van der Waals surface area contributed by atoms with Crippen LogP contribution in [0.1, 0.15) is 42.2 Å². The molecule has 0 bridgehead atoms. The van der Waals surface area contributed by atoms with Crippen LogP contribution in [0.4, 0.5) is 5.95 Å². The Morgan fingerprint density at radius 2 is 2.00 bits per heavy atom. The van der Waals surface area contributed by atoms with Gasteiger partial charge in [0.2, 0.25) is 5.95 Å². The van der Waals surface area contributed by atoms with Crippen LogP contribution in [-0.2, 0) is 6.42 Å². The SMILES string of the molecule is CCCCCNc1nccc(C(=O)NCCc2ccccc2OC)n1. The summed E-state index contributed by atoms with van der Waals surface area (Å²) in [7, 11) is 1.65. The molecule has 6 heteroatoms. The van der Waals surface area contributed by atoms with Gasteiger partial charge in [-0.2, -0.15) is 0 Å². The number of benzene rings is 1. The van der Waals surface area contributed by atoms with Crippen LogP contribution < -0.4 is 15.4 Å². The summed E-state index contributed by atoms with van der Waals surface area (Å²) in [4.78, 5) is 20.7. The lowest BCUT2D eigenvalue weighted by molar-refractivity contribution is 0.0949. The quantitative estimate of drug-likeness (QED) is 0.649. The van der Waals surface area contributed by atoms with Gasteiger partial charge in [-0.15, -0.1) is 0 Å². The van der Waals surface area contributed by atoms with E-state index in [1.807, 2.05) is 24.3 Å². The first kappa shape index (κ1) is 18.7. The van der Waals surface area contributed by atoms with Crippen molar-refractivity contribution in [2.75, 3.05) is 25.5 Å². The number of methoxy groups -OCH3 is 1. The van der Waals surface area contributed by atoms with Crippen LogP contribution in [0, 0.1) is 0 Å². The van der Waals surface area contributed by atoms with E-state index in [9.17, 15) is 4.79 Å². The fraction of sp³-hybridized carbons (Fsp3) is 0.421. The molecular weight excluding hydrogens is 316 g/mol. The molecule has 0 unspecified atom stereocenters. The second kappa shape index (κ2) is 10.3. The number of rotatable bonds is 10. The van der Waals surface area contributed by atoms with E-state index in [-0.39, 0.29) is 5.91 Å². The largest absolute Gasteiger partial charge is 0.496 e. The average Bonchev–Trinajstić information content (AvgIpc) is 2.66. The van der Waals surface area contributed by atoms with E-state index in [1.54, 1.807) is 19.4 Å². The fourth-order valence-corrected chi connectivity index (χ4v) is 2.46. The highest BCUT2D eigenvalue weighted by Crippen LogP contribution is 2.17. The van der Waals surface area contributed by atoms with Crippen LogP contribution in [0.2, 0.25) is 0 Å². The highest BCUT2D eigenvalue weighted by molar-refractivity contribution is 5.92. The van der Waals surface area contributed by atoms with Gasteiger partial charge < -0.3 is 15.4 Å². The molecule has 0 saturated carbocycles. The predicted molar refractivity (Wildman–Crippen MR) is 99.1 cm³/mol. The molecule has 0 atom stereocenters. The van der Waals surface area contributed by atoms with Gasteiger partial charge in [-0.05, 0) is 30.5 Å². The van der Waals surface area contributed by atoms with Gasteiger partial charge in [0, 0.05) is 19.3 Å². The minimum atomic E-state index is -0.200. The highest BCUT2D eigenvalue weighted by Gasteiger charge is 2.09. The molecule has 2 rings (SSSR count). The normalized spacial score (nSPS) is 10.3. The van der Waals surface area contributed by atoms with Crippen molar-refractivity contribution < 1.29 is 9.53 Å². The zero-order valence-electron chi connectivity index (χ0n) is 14.9. The molecule has 0 aliphatic carbocycles. The minimum absolute atomic E-state index is 0.200. The molecular formula is C19H26N4O2. The number of hydrogen-bond donors (Lipinski definition) is 2. The Morgan fingerprint density at radius 3 is 2.80 bits per heavy atom. The van der Waals surface area contributed by atoms with Gasteiger partial charge in [-0.3, -0.25) is 4.79 Å². The second-order valence-corrected chi connectivity index (χ2v) is 5.72. The molecule has 1 amide bonds. The summed E-state index contributed by atoms with van der Waals surface area (Å²) >= 11 is 0. The monoisotopic (exact) mass is 342 g/mol. The Balaban J connectivity index is 1.84. The molecule has 1 aromatic carbocycles. The molecule has 0 saturated heterocycles. The van der Waals surface area contributed by atoms with Gasteiger partial charge in [0.25, 0.3) is 5.91 Å². The predicted octanol–water partition coefficient (Wildman–Crippen LogP) is 3.06. The number of anilines is 1. The van der Waals surface area contributed by atoms with E-state index in [1.165, 1.54) is 0 Å². The Bertz CT molecular complexity index is 676. The van der Waals surface area contributed by atoms with Crippen LogP contribution in [-0.4, -0.2) is 36.1 Å². The number of carbonyl (C=O) groups is 1. The van der Waals surface area contributed by atoms with Crippen molar-refractivity contribution in [3.63, 3.8) is 0 Å². The molecule has 6 nitrogen and oxygen atoms in total. The van der Waals surface area contributed by atoms with E-state index in [0.29, 0.717) is 24.6 Å². The van der Waals surface area contributed by atoms with E-state index in [4.69, 9.17) is 4.74 Å². The Hall–Kier alpha value is -2.63. The first-order valence-corrected chi connectivity index (χ1v) is 8.71. The lowest BCUT2D eigenvalue weighted by Crippen LogP contribution is -2.27. The molecule has 0 fully saturated rings. The van der Waals surface area contributed by atoms with E-state index in [2.05, 4.69) is 27.5 Å². The first-order chi connectivity index (χ1) is 12.2. The number of hydrogen-bond acceptors (Lipinski definition) is 5. The summed E-state index contributed by atoms with van der Waals surface area (Å²) in [5.41, 5.74) is 1.43. The number of aromatic nitrogens is 2. The van der Waals surface area contributed by atoms with Crippen molar-refractivity contribution in [1.29, 1.82) is 0 Å². The van der Waals surface area contributed by atoms with Gasteiger partial charge in [0.15, 0.2) is 0 Å². The van der Waals surface area contributed by atoms with Crippen LogP contribution in [0.25, 0.3) is 0 Å². The number of ether oxygens (including phenoxy) is 1. The van der Waals surface area contributed by atoms with E-state index < -0.39 is 0 Å². The number of unbranched alkanes of at least 4 members (excludes halogenated alkanes) is 2. The van der Waals surface area contributed by atoms with Gasteiger partial charge in [-0.25, -0.2) is 9.97 Å². The molecule has 2 aromatic rings. The number of amides is 1. The first-order valence-electron chi connectivity index (χ1n) is 8.71. The molecule has 1 heterocycles. The van der Waals surface area contributed by atoms with Crippen LogP contribution >= 0.6 is 0 Å². The molecule has 0 aliphatic heterocycles. The topological polar surface area (TPSA) is 76.1 Å². The summed E-state index contributed by atoms with van der Waals surface area (Å²) in [5.74, 6) is 1.12. The van der Waals surface area contributed by atoms with Crippen molar-refractivity contribution >= 4 is 11.9 Å². The average molecular weight is 342 g/mol. The van der Waals surface area contributed by atoms with Gasteiger partial charge >= 0.3 is 0 Å². The zero-order valence-corrected chi connectivity index (χ0v) is 14.9. The van der Waals surface area contributed by atoms with Crippen molar-refractivity contribution in [2.24, 2.45) is 0 Å². The smallest absolute Gasteiger partial charge is 0.270 e. The number of nitrogens with one attached hydrogen (secondary N) is 2. The van der Waals surface area contributed by atoms with Crippen molar-refractivity contribution in [3.05, 3.63) is 47.8 Å². The van der Waals surface area contributed by atoms with Gasteiger partial charge in [-0.1, -0.05) is 38.0 Å². The van der Waals surface area contributed by atoms with Crippen LogP contribution in [0.3, 0.4) is 0 Å². The van der Waals surface area contributed by atoms with E-state index in [0.717, 1.165) is 37.1 Å². The third-order valence-electron chi connectivity index (χ3n) is 3.82. The number of carbonyl (C=O) groups excluding carboxylic acids is 1. The third-order valence-corrected chi connectivity index (χ3v) is 3.82. The highest BCUT2D eigenvalue weighted by atomic mass is 16.5. The maximum absolute atomic E-state index is 12.3. The van der Waals surface area contributed by atoms with Gasteiger partial charge in [0.05, 0.1) is 7.11 Å². The summed E-state index contributed by atoms with van der Waals surface area (Å²) in [6.07, 6.45) is 5.69. The summed E-state index contributed by atoms with van der Waals surface area (Å²) < 4.78 is 5.32. The molecule has 134 valence electrons.